The Morgan fingerprint density at radius 1 is 1.06 bits per heavy atom. The number of hydrogen-bond donors (Lipinski definition) is 1. The highest BCUT2D eigenvalue weighted by molar-refractivity contribution is 5.77. The first kappa shape index (κ1) is 21.2. The van der Waals surface area contributed by atoms with Gasteiger partial charge >= 0.3 is 0 Å². The van der Waals surface area contributed by atoms with E-state index in [1.807, 2.05) is 12.1 Å². The Hall–Kier alpha value is -3.01. The van der Waals surface area contributed by atoms with Gasteiger partial charge in [-0.3, -0.25) is 4.79 Å². The molecule has 1 aromatic heterocycles. The van der Waals surface area contributed by atoms with Crippen LogP contribution in [-0.2, 0) is 17.8 Å². The van der Waals surface area contributed by atoms with Gasteiger partial charge in [-0.2, -0.15) is 0 Å². The van der Waals surface area contributed by atoms with Crippen molar-refractivity contribution in [3.8, 4) is 22.7 Å². The first-order valence-electron chi connectivity index (χ1n) is 11.3. The van der Waals surface area contributed by atoms with E-state index in [9.17, 15) is 4.79 Å². The average molecular weight is 417 g/mol. The molecule has 0 saturated heterocycles. The van der Waals surface area contributed by atoms with Crippen LogP contribution in [0.1, 0.15) is 56.9 Å². The second-order valence-electron chi connectivity index (χ2n) is 9.07. The van der Waals surface area contributed by atoms with Crippen LogP contribution in [-0.4, -0.2) is 17.0 Å². The third-order valence-electron chi connectivity index (χ3n) is 5.81. The highest BCUT2D eigenvalue weighted by atomic mass is 16.5. The number of para-hydroxylation sites is 1. The van der Waals surface area contributed by atoms with Crippen LogP contribution in [0, 0.1) is 5.92 Å². The van der Waals surface area contributed by atoms with Crippen LogP contribution < -0.4 is 10.1 Å². The van der Waals surface area contributed by atoms with Gasteiger partial charge in [-0.05, 0) is 54.2 Å². The number of benzene rings is 2. The van der Waals surface area contributed by atoms with Crippen LogP contribution in [0.25, 0.3) is 16.9 Å². The number of carbonyl (C=O) groups excluding carboxylic acids is 1. The number of fused-ring (bicyclic) bond motifs is 3. The smallest absolute Gasteiger partial charge is 0.220 e. The maximum atomic E-state index is 12.4. The molecule has 1 aliphatic heterocycles. The van der Waals surface area contributed by atoms with Gasteiger partial charge in [0, 0.05) is 35.5 Å². The van der Waals surface area contributed by atoms with Crippen molar-refractivity contribution in [3.05, 3.63) is 71.4 Å². The molecule has 3 aromatic rings. The van der Waals surface area contributed by atoms with E-state index >= 15 is 0 Å². The molecule has 4 rings (SSSR count). The summed E-state index contributed by atoms with van der Waals surface area (Å²) in [5.41, 5.74) is 7.04. The molecule has 0 saturated carbocycles. The van der Waals surface area contributed by atoms with Crippen LogP contribution in [0.4, 0.5) is 0 Å². The summed E-state index contributed by atoms with van der Waals surface area (Å²) in [4.78, 5) is 12.4. The molecule has 0 unspecified atom stereocenters. The third kappa shape index (κ3) is 4.53. The molecule has 0 atom stereocenters. The maximum Gasteiger partial charge on any atom is 0.220 e. The Morgan fingerprint density at radius 3 is 2.52 bits per heavy atom. The number of hydrogen-bond acceptors (Lipinski definition) is 2. The van der Waals surface area contributed by atoms with Gasteiger partial charge in [0.25, 0.3) is 0 Å². The first-order valence-corrected chi connectivity index (χ1v) is 11.3. The van der Waals surface area contributed by atoms with Crippen molar-refractivity contribution in [1.29, 1.82) is 0 Å². The Balaban J connectivity index is 1.72. The number of ether oxygens (including phenoxy) is 1. The van der Waals surface area contributed by atoms with Gasteiger partial charge in [-0.1, -0.05) is 52.0 Å². The standard InChI is InChI=1S/C27H32N2O2/c1-18(2)16-28-26(30)14-13-23-15-21-17-31-25-8-6-5-7-24(25)27(21)29(23)22-11-9-20(10-12-22)19(3)4/h5-12,15,18-19H,13-14,16-17H2,1-4H3,(H,28,30). The molecule has 0 aliphatic carbocycles. The molecule has 162 valence electrons. The van der Waals surface area contributed by atoms with Gasteiger partial charge in [-0.25, -0.2) is 0 Å². The maximum absolute atomic E-state index is 12.4. The quantitative estimate of drug-likeness (QED) is 0.524. The van der Waals surface area contributed by atoms with Crippen molar-refractivity contribution in [2.24, 2.45) is 5.92 Å². The fourth-order valence-corrected chi connectivity index (χ4v) is 4.10. The third-order valence-corrected chi connectivity index (χ3v) is 5.81. The zero-order valence-electron chi connectivity index (χ0n) is 18.9. The Morgan fingerprint density at radius 2 is 1.81 bits per heavy atom. The highest BCUT2D eigenvalue weighted by Gasteiger charge is 2.25. The number of amides is 1. The average Bonchev–Trinajstić information content (AvgIpc) is 3.15. The van der Waals surface area contributed by atoms with Gasteiger partial charge in [0.1, 0.15) is 12.4 Å². The van der Waals surface area contributed by atoms with Gasteiger partial charge in [-0.15, -0.1) is 0 Å². The molecule has 0 radical (unpaired) electrons. The number of aryl methyl sites for hydroxylation is 1. The van der Waals surface area contributed by atoms with Gasteiger partial charge < -0.3 is 14.6 Å². The van der Waals surface area contributed by atoms with E-state index in [0.717, 1.165) is 22.7 Å². The topological polar surface area (TPSA) is 43.3 Å². The van der Waals surface area contributed by atoms with E-state index in [1.54, 1.807) is 0 Å². The van der Waals surface area contributed by atoms with E-state index in [0.29, 0.717) is 37.8 Å². The number of nitrogens with zero attached hydrogens (tertiary/aromatic N) is 1. The number of rotatable bonds is 7. The summed E-state index contributed by atoms with van der Waals surface area (Å²) in [7, 11) is 0. The largest absolute Gasteiger partial charge is 0.488 e. The lowest BCUT2D eigenvalue weighted by atomic mass is 10.0. The molecular formula is C27H32N2O2. The molecule has 4 nitrogen and oxygen atoms in total. The molecule has 2 heterocycles. The Labute approximate surface area is 185 Å². The summed E-state index contributed by atoms with van der Waals surface area (Å²) in [6.07, 6.45) is 1.16. The number of aromatic nitrogens is 1. The minimum absolute atomic E-state index is 0.103. The molecule has 0 bridgehead atoms. The normalized spacial score (nSPS) is 12.5. The van der Waals surface area contributed by atoms with Gasteiger partial charge in [0.15, 0.2) is 0 Å². The zero-order chi connectivity index (χ0) is 22.0. The summed E-state index contributed by atoms with van der Waals surface area (Å²) < 4.78 is 8.32. The van der Waals surface area contributed by atoms with E-state index in [1.165, 1.54) is 16.8 Å². The van der Waals surface area contributed by atoms with Crippen LogP contribution in [0.2, 0.25) is 0 Å². The number of carbonyl (C=O) groups is 1. The molecule has 1 aliphatic rings. The molecule has 0 fully saturated rings. The lowest BCUT2D eigenvalue weighted by molar-refractivity contribution is -0.121. The predicted molar refractivity (Wildman–Crippen MR) is 126 cm³/mol. The second-order valence-corrected chi connectivity index (χ2v) is 9.07. The van der Waals surface area contributed by atoms with Crippen molar-refractivity contribution < 1.29 is 9.53 Å². The summed E-state index contributed by atoms with van der Waals surface area (Å²) in [5, 5.41) is 3.04. The van der Waals surface area contributed by atoms with Crippen molar-refractivity contribution >= 4 is 5.91 Å². The molecule has 4 heteroatoms. The lowest BCUT2D eigenvalue weighted by Gasteiger charge is -2.21. The fourth-order valence-electron chi connectivity index (χ4n) is 4.10. The summed E-state index contributed by atoms with van der Waals surface area (Å²) in [6, 6.07) is 19.2. The van der Waals surface area contributed by atoms with Crippen molar-refractivity contribution in [2.45, 2.75) is 53.1 Å². The SMILES string of the molecule is CC(C)CNC(=O)CCc1cc2c(n1-c1ccc(C(C)C)cc1)-c1ccccc1OC2. The molecular weight excluding hydrogens is 384 g/mol. The lowest BCUT2D eigenvalue weighted by Crippen LogP contribution is -2.27. The second kappa shape index (κ2) is 9.01. The van der Waals surface area contributed by atoms with Crippen LogP contribution in [0.3, 0.4) is 0 Å². The van der Waals surface area contributed by atoms with Gasteiger partial charge in [0.2, 0.25) is 5.91 Å². The monoisotopic (exact) mass is 416 g/mol. The minimum Gasteiger partial charge on any atom is -0.488 e. The molecule has 31 heavy (non-hydrogen) atoms. The highest BCUT2D eigenvalue weighted by Crippen LogP contribution is 2.41. The van der Waals surface area contributed by atoms with Crippen molar-refractivity contribution in [1.82, 2.24) is 9.88 Å². The van der Waals surface area contributed by atoms with Gasteiger partial charge in [0.05, 0.1) is 5.69 Å². The predicted octanol–water partition coefficient (Wildman–Crippen LogP) is 5.86. The summed E-state index contributed by atoms with van der Waals surface area (Å²) in [6.45, 7) is 9.91. The Bertz CT molecular complexity index is 1060. The van der Waals surface area contributed by atoms with Crippen LogP contribution >= 0.6 is 0 Å². The fraction of sp³-hybridized carbons (Fsp3) is 0.370. The zero-order valence-corrected chi connectivity index (χ0v) is 18.9. The summed E-state index contributed by atoms with van der Waals surface area (Å²) in [5.74, 6) is 1.96. The molecule has 2 aromatic carbocycles. The summed E-state index contributed by atoms with van der Waals surface area (Å²) >= 11 is 0. The Kier molecular flexibility index (Phi) is 6.17. The van der Waals surface area contributed by atoms with Crippen molar-refractivity contribution in [2.75, 3.05) is 6.54 Å². The van der Waals surface area contributed by atoms with E-state index < -0.39 is 0 Å². The molecule has 1 amide bonds. The molecule has 1 N–H and O–H groups in total. The van der Waals surface area contributed by atoms with Crippen LogP contribution in [0.15, 0.2) is 54.6 Å². The van der Waals surface area contributed by atoms with E-state index in [2.05, 4.69) is 80.0 Å². The van der Waals surface area contributed by atoms with Crippen LogP contribution in [0.5, 0.6) is 5.75 Å². The first-order chi connectivity index (χ1) is 14.9. The molecule has 0 spiro atoms. The van der Waals surface area contributed by atoms with E-state index in [-0.39, 0.29) is 5.91 Å². The minimum atomic E-state index is 0.103. The van der Waals surface area contributed by atoms with Crippen molar-refractivity contribution in [3.63, 3.8) is 0 Å². The van der Waals surface area contributed by atoms with E-state index in [4.69, 9.17) is 4.74 Å². The number of nitrogens with one attached hydrogen (secondary N) is 1.